The SMILES string of the molecule is CCCNC(=O)[C@H](CC)N(Cc1ccc(F)cc1)C(=O)CN(c1cc(Cl)cc(Cl)c1)S(=O)(=O)c1ccc(C)cc1. The number of carbonyl (C=O) groups excluding carboxylic acids is 2. The number of nitrogens with one attached hydrogen (secondary N) is 1. The van der Waals surface area contributed by atoms with Crippen LogP contribution in [0.2, 0.25) is 10.0 Å². The first-order valence-corrected chi connectivity index (χ1v) is 15.0. The molecule has 40 heavy (non-hydrogen) atoms. The Morgan fingerprint density at radius 3 is 2.10 bits per heavy atom. The number of hydrogen-bond acceptors (Lipinski definition) is 4. The van der Waals surface area contributed by atoms with E-state index in [9.17, 15) is 22.4 Å². The van der Waals surface area contributed by atoms with Gasteiger partial charge in [-0.1, -0.05) is 66.9 Å². The molecule has 0 bridgehead atoms. The first-order valence-electron chi connectivity index (χ1n) is 12.8. The van der Waals surface area contributed by atoms with Gasteiger partial charge in [-0.3, -0.25) is 13.9 Å². The second kappa shape index (κ2) is 14.0. The summed E-state index contributed by atoms with van der Waals surface area (Å²) in [6.07, 6.45) is 0.975. The molecule has 0 aliphatic heterocycles. The largest absolute Gasteiger partial charge is 0.354 e. The summed E-state index contributed by atoms with van der Waals surface area (Å²) in [5.41, 5.74) is 1.54. The molecule has 214 valence electrons. The van der Waals surface area contributed by atoms with Crippen molar-refractivity contribution in [3.8, 4) is 0 Å². The van der Waals surface area contributed by atoms with Crippen LogP contribution in [0.25, 0.3) is 0 Å². The minimum atomic E-state index is -4.26. The fourth-order valence-electron chi connectivity index (χ4n) is 4.12. The lowest BCUT2D eigenvalue weighted by molar-refractivity contribution is -0.140. The molecule has 2 amide bonds. The maximum absolute atomic E-state index is 14.0. The summed E-state index contributed by atoms with van der Waals surface area (Å²) in [4.78, 5) is 28.4. The second-order valence-corrected chi connectivity index (χ2v) is 12.1. The fourth-order valence-corrected chi connectivity index (χ4v) is 6.03. The van der Waals surface area contributed by atoms with Gasteiger partial charge in [0.2, 0.25) is 11.8 Å². The lowest BCUT2D eigenvalue weighted by Crippen LogP contribution is -2.52. The van der Waals surface area contributed by atoms with E-state index in [1.165, 1.54) is 59.5 Å². The van der Waals surface area contributed by atoms with Crippen LogP contribution in [-0.4, -0.2) is 44.3 Å². The van der Waals surface area contributed by atoms with Gasteiger partial charge in [0.1, 0.15) is 18.4 Å². The average molecular weight is 609 g/mol. The van der Waals surface area contributed by atoms with Crippen LogP contribution in [0.4, 0.5) is 10.1 Å². The van der Waals surface area contributed by atoms with Gasteiger partial charge in [-0.15, -0.1) is 0 Å². The second-order valence-electron chi connectivity index (χ2n) is 9.32. The van der Waals surface area contributed by atoms with Crippen LogP contribution >= 0.6 is 23.2 Å². The highest BCUT2D eigenvalue weighted by Crippen LogP contribution is 2.30. The smallest absolute Gasteiger partial charge is 0.264 e. The highest BCUT2D eigenvalue weighted by Gasteiger charge is 2.33. The van der Waals surface area contributed by atoms with Crippen LogP contribution < -0.4 is 9.62 Å². The van der Waals surface area contributed by atoms with E-state index in [0.717, 1.165) is 9.87 Å². The molecule has 0 unspecified atom stereocenters. The summed E-state index contributed by atoms with van der Waals surface area (Å²) < 4.78 is 42.3. The molecule has 0 spiro atoms. The Labute approximate surface area is 244 Å². The van der Waals surface area contributed by atoms with Crippen LogP contribution in [-0.2, 0) is 26.2 Å². The molecule has 0 aromatic heterocycles. The van der Waals surface area contributed by atoms with Crippen molar-refractivity contribution in [1.82, 2.24) is 10.2 Å². The van der Waals surface area contributed by atoms with E-state index >= 15 is 0 Å². The molecular formula is C29H32Cl2FN3O4S. The first kappa shape index (κ1) is 31.4. The number of anilines is 1. The molecule has 0 saturated carbocycles. The third-order valence-electron chi connectivity index (χ3n) is 6.22. The molecule has 3 aromatic carbocycles. The van der Waals surface area contributed by atoms with Gasteiger partial charge in [0.25, 0.3) is 10.0 Å². The highest BCUT2D eigenvalue weighted by atomic mass is 35.5. The predicted octanol–water partition coefficient (Wildman–Crippen LogP) is 5.97. The summed E-state index contributed by atoms with van der Waals surface area (Å²) in [6.45, 7) is 5.25. The zero-order valence-corrected chi connectivity index (χ0v) is 24.9. The Morgan fingerprint density at radius 2 is 1.55 bits per heavy atom. The quantitative estimate of drug-likeness (QED) is 0.275. The van der Waals surface area contributed by atoms with Crippen molar-refractivity contribution in [3.63, 3.8) is 0 Å². The van der Waals surface area contributed by atoms with Crippen LogP contribution in [0.15, 0.2) is 71.6 Å². The Bertz CT molecular complexity index is 1410. The first-order chi connectivity index (χ1) is 19.0. The number of hydrogen-bond donors (Lipinski definition) is 1. The summed E-state index contributed by atoms with van der Waals surface area (Å²) >= 11 is 12.4. The van der Waals surface area contributed by atoms with Crippen molar-refractivity contribution >= 4 is 50.7 Å². The van der Waals surface area contributed by atoms with Gasteiger partial charge in [0, 0.05) is 23.1 Å². The number of rotatable bonds is 12. The molecule has 11 heteroatoms. The molecule has 1 atom stereocenters. The van der Waals surface area contributed by atoms with Gasteiger partial charge in [-0.05, 0) is 67.8 Å². The zero-order chi connectivity index (χ0) is 29.4. The summed E-state index contributed by atoms with van der Waals surface area (Å²) in [5.74, 6) is -1.43. The van der Waals surface area contributed by atoms with Crippen molar-refractivity contribution < 1.29 is 22.4 Å². The molecular weight excluding hydrogens is 576 g/mol. The molecule has 0 fully saturated rings. The van der Waals surface area contributed by atoms with E-state index < -0.39 is 34.3 Å². The van der Waals surface area contributed by atoms with E-state index in [2.05, 4.69) is 5.32 Å². The molecule has 0 heterocycles. The maximum atomic E-state index is 14.0. The number of halogens is 3. The topological polar surface area (TPSA) is 86.8 Å². The van der Waals surface area contributed by atoms with Gasteiger partial charge < -0.3 is 10.2 Å². The monoisotopic (exact) mass is 607 g/mol. The number of amides is 2. The van der Waals surface area contributed by atoms with Crippen LogP contribution in [0, 0.1) is 12.7 Å². The lowest BCUT2D eigenvalue weighted by atomic mass is 10.1. The van der Waals surface area contributed by atoms with Crippen molar-refractivity contribution in [3.05, 3.63) is 93.7 Å². The van der Waals surface area contributed by atoms with Crippen LogP contribution in [0.5, 0.6) is 0 Å². The number of nitrogens with zero attached hydrogens (tertiary/aromatic N) is 2. The minimum absolute atomic E-state index is 0.0280. The molecule has 7 nitrogen and oxygen atoms in total. The fraction of sp³-hybridized carbons (Fsp3) is 0.310. The Morgan fingerprint density at radius 1 is 0.950 bits per heavy atom. The average Bonchev–Trinajstić information content (AvgIpc) is 2.91. The van der Waals surface area contributed by atoms with E-state index in [1.807, 2.05) is 13.8 Å². The van der Waals surface area contributed by atoms with Gasteiger partial charge >= 0.3 is 0 Å². The molecule has 3 rings (SSSR count). The Kier molecular flexibility index (Phi) is 11.0. The zero-order valence-electron chi connectivity index (χ0n) is 22.5. The molecule has 0 radical (unpaired) electrons. The standard InChI is InChI=1S/C29H32Cl2FN3O4S/c1-4-14-33-29(37)27(5-2)34(18-21-8-10-24(32)11-9-21)28(36)19-35(25-16-22(30)15-23(31)17-25)40(38,39)26-12-6-20(3)7-13-26/h6-13,15-17,27H,4-5,14,18-19H2,1-3H3,(H,33,37)/t27-/m0/s1. The molecule has 0 aliphatic carbocycles. The van der Waals surface area contributed by atoms with E-state index in [0.29, 0.717) is 18.5 Å². The molecule has 0 saturated heterocycles. The molecule has 3 aromatic rings. The Hall–Kier alpha value is -3.14. The summed E-state index contributed by atoms with van der Waals surface area (Å²) in [6, 6.07) is 15.2. The third kappa shape index (κ3) is 7.96. The molecule has 1 N–H and O–H groups in total. The number of benzene rings is 3. The van der Waals surface area contributed by atoms with Gasteiger partial charge in [0.05, 0.1) is 10.6 Å². The normalized spacial score (nSPS) is 12.1. The van der Waals surface area contributed by atoms with E-state index in [4.69, 9.17) is 23.2 Å². The Balaban J connectivity index is 2.08. The van der Waals surface area contributed by atoms with E-state index in [-0.39, 0.29) is 39.5 Å². The number of aryl methyl sites for hydroxylation is 1. The predicted molar refractivity (Wildman–Crippen MR) is 157 cm³/mol. The molecule has 0 aliphatic rings. The number of carbonyl (C=O) groups is 2. The van der Waals surface area contributed by atoms with Crippen LogP contribution in [0.1, 0.15) is 37.8 Å². The highest BCUT2D eigenvalue weighted by molar-refractivity contribution is 7.92. The van der Waals surface area contributed by atoms with Gasteiger partial charge in [-0.2, -0.15) is 0 Å². The third-order valence-corrected chi connectivity index (χ3v) is 8.45. The van der Waals surface area contributed by atoms with Crippen molar-refractivity contribution in [2.75, 3.05) is 17.4 Å². The lowest BCUT2D eigenvalue weighted by Gasteiger charge is -2.33. The number of sulfonamides is 1. The maximum Gasteiger partial charge on any atom is 0.264 e. The van der Waals surface area contributed by atoms with E-state index in [1.54, 1.807) is 19.1 Å². The van der Waals surface area contributed by atoms with Gasteiger partial charge in [0.15, 0.2) is 0 Å². The summed E-state index contributed by atoms with van der Waals surface area (Å²) in [7, 11) is -4.26. The van der Waals surface area contributed by atoms with Crippen molar-refractivity contribution in [2.24, 2.45) is 0 Å². The van der Waals surface area contributed by atoms with Crippen LogP contribution in [0.3, 0.4) is 0 Å². The van der Waals surface area contributed by atoms with Crippen molar-refractivity contribution in [1.29, 1.82) is 0 Å². The summed E-state index contributed by atoms with van der Waals surface area (Å²) in [5, 5.41) is 3.19. The minimum Gasteiger partial charge on any atom is -0.354 e. The van der Waals surface area contributed by atoms with Crippen molar-refractivity contribution in [2.45, 2.75) is 51.1 Å². The van der Waals surface area contributed by atoms with Gasteiger partial charge in [-0.25, -0.2) is 12.8 Å².